The van der Waals surface area contributed by atoms with E-state index in [1.54, 1.807) is 6.20 Å². The fourth-order valence-electron chi connectivity index (χ4n) is 2.28. The molecule has 1 N–H and O–H groups in total. The highest BCUT2D eigenvalue weighted by Gasteiger charge is 2.29. The Morgan fingerprint density at radius 2 is 2.14 bits per heavy atom. The second kappa shape index (κ2) is 6.25. The first-order valence-electron chi connectivity index (χ1n) is 7.44. The number of aromatic nitrogens is 3. The normalized spacial score (nSPS) is 14.2. The fraction of sp³-hybridized carbons (Fsp3) is 0.438. The summed E-state index contributed by atoms with van der Waals surface area (Å²) in [5.41, 5.74) is 3.18. The summed E-state index contributed by atoms with van der Waals surface area (Å²) in [4.78, 5) is 14.0. The van der Waals surface area contributed by atoms with Crippen LogP contribution in [0.2, 0.25) is 0 Å². The molecule has 3 rings (SSSR count). The van der Waals surface area contributed by atoms with Crippen LogP contribution in [0.1, 0.15) is 43.4 Å². The van der Waals surface area contributed by atoms with E-state index >= 15 is 0 Å². The lowest BCUT2D eigenvalue weighted by atomic mass is 10.2. The summed E-state index contributed by atoms with van der Waals surface area (Å²) in [6.45, 7) is 5.14. The SMILES string of the molecule is CCCNc1nc(-c2ncccc2C)nc(C2CC2)c1I. The van der Waals surface area contributed by atoms with Gasteiger partial charge in [-0.05, 0) is 60.4 Å². The molecule has 1 aliphatic carbocycles. The molecular weight excluding hydrogens is 375 g/mol. The van der Waals surface area contributed by atoms with Gasteiger partial charge >= 0.3 is 0 Å². The minimum absolute atomic E-state index is 0.602. The first-order valence-corrected chi connectivity index (χ1v) is 8.52. The molecule has 4 nitrogen and oxygen atoms in total. The van der Waals surface area contributed by atoms with E-state index in [9.17, 15) is 0 Å². The van der Waals surface area contributed by atoms with Crippen LogP contribution < -0.4 is 5.32 Å². The van der Waals surface area contributed by atoms with Gasteiger partial charge in [0.25, 0.3) is 0 Å². The highest BCUT2D eigenvalue weighted by Crippen LogP contribution is 2.42. The molecule has 2 aromatic heterocycles. The first kappa shape index (κ1) is 14.7. The summed E-state index contributed by atoms with van der Waals surface area (Å²) in [5.74, 6) is 2.30. The zero-order chi connectivity index (χ0) is 14.8. The van der Waals surface area contributed by atoms with Crippen LogP contribution in [0.15, 0.2) is 18.3 Å². The number of pyridine rings is 1. The van der Waals surface area contributed by atoms with E-state index in [1.165, 1.54) is 22.1 Å². The summed E-state index contributed by atoms with van der Waals surface area (Å²) in [6, 6.07) is 4.00. The average molecular weight is 394 g/mol. The molecule has 0 spiro atoms. The second-order valence-corrected chi connectivity index (χ2v) is 6.54. The topological polar surface area (TPSA) is 50.7 Å². The van der Waals surface area contributed by atoms with Crippen LogP contribution in [0.25, 0.3) is 11.5 Å². The Hall–Kier alpha value is -1.24. The molecule has 2 aromatic rings. The van der Waals surface area contributed by atoms with Crippen LogP contribution in [-0.2, 0) is 0 Å². The molecule has 0 saturated heterocycles. The van der Waals surface area contributed by atoms with E-state index < -0.39 is 0 Å². The Kier molecular flexibility index (Phi) is 4.37. The predicted octanol–water partition coefficient (Wildman–Crippen LogP) is 4.15. The number of hydrogen-bond donors (Lipinski definition) is 1. The molecular formula is C16H19IN4. The van der Waals surface area contributed by atoms with Gasteiger partial charge in [-0.25, -0.2) is 9.97 Å². The number of anilines is 1. The summed E-state index contributed by atoms with van der Waals surface area (Å²) in [7, 11) is 0. The van der Waals surface area contributed by atoms with Crippen molar-refractivity contribution in [3.05, 3.63) is 33.2 Å². The molecule has 0 atom stereocenters. The quantitative estimate of drug-likeness (QED) is 0.775. The van der Waals surface area contributed by atoms with Gasteiger partial charge in [-0.3, -0.25) is 4.98 Å². The Balaban J connectivity index is 2.08. The maximum Gasteiger partial charge on any atom is 0.180 e. The second-order valence-electron chi connectivity index (χ2n) is 5.47. The standard InChI is InChI=1S/C16H19IN4/c1-3-8-19-15-12(17)14(11-6-7-11)20-16(21-15)13-10(2)5-4-9-18-13/h4-5,9,11H,3,6-8H2,1-2H3,(H,19,20,21). The van der Waals surface area contributed by atoms with Crippen LogP contribution in [0.3, 0.4) is 0 Å². The molecule has 0 amide bonds. The molecule has 5 heteroatoms. The maximum absolute atomic E-state index is 4.81. The third-order valence-corrected chi connectivity index (χ3v) is 4.67. The third kappa shape index (κ3) is 3.17. The molecule has 21 heavy (non-hydrogen) atoms. The van der Waals surface area contributed by atoms with Crippen LogP contribution >= 0.6 is 22.6 Å². The summed E-state index contributed by atoms with van der Waals surface area (Å²) >= 11 is 2.37. The van der Waals surface area contributed by atoms with Gasteiger partial charge in [0.1, 0.15) is 11.5 Å². The third-order valence-electron chi connectivity index (χ3n) is 3.60. The minimum atomic E-state index is 0.602. The largest absolute Gasteiger partial charge is 0.369 e. The zero-order valence-electron chi connectivity index (χ0n) is 12.4. The van der Waals surface area contributed by atoms with Gasteiger partial charge in [0, 0.05) is 18.7 Å². The summed E-state index contributed by atoms with van der Waals surface area (Å²) in [5, 5.41) is 3.43. The number of halogens is 1. The Labute approximate surface area is 139 Å². The van der Waals surface area contributed by atoms with Crippen molar-refractivity contribution < 1.29 is 0 Å². The number of nitrogens with zero attached hydrogens (tertiary/aromatic N) is 3. The van der Waals surface area contributed by atoms with E-state index in [1.807, 2.05) is 6.07 Å². The van der Waals surface area contributed by atoms with Crippen molar-refractivity contribution >= 4 is 28.4 Å². The molecule has 0 aromatic carbocycles. The van der Waals surface area contributed by atoms with Crippen molar-refractivity contribution in [2.45, 2.75) is 39.0 Å². The van der Waals surface area contributed by atoms with E-state index in [2.05, 4.69) is 52.8 Å². The van der Waals surface area contributed by atoms with Crippen molar-refractivity contribution in [2.24, 2.45) is 0 Å². The van der Waals surface area contributed by atoms with Crippen LogP contribution in [0, 0.1) is 10.5 Å². The van der Waals surface area contributed by atoms with Gasteiger partial charge in [-0.1, -0.05) is 13.0 Å². The summed E-state index contributed by atoms with van der Waals surface area (Å²) in [6.07, 6.45) is 5.36. The smallest absolute Gasteiger partial charge is 0.180 e. The highest BCUT2D eigenvalue weighted by atomic mass is 127. The molecule has 0 aliphatic heterocycles. The van der Waals surface area contributed by atoms with Gasteiger partial charge in [-0.15, -0.1) is 0 Å². The highest BCUT2D eigenvalue weighted by molar-refractivity contribution is 14.1. The van der Waals surface area contributed by atoms with E-state index in [-0.39, 0.29) is 0 Å². The molecule has 1 aliphatic rings. The number of rotatable bonds is 5. The molecule has 0 radical (unpaired) electrons. The number of nitrogens with one attached hydrogen (secondary N) is 1. The molecule has 2 heterocycles. The maximum atomic E-state index is 4.81. The number of hydrogen-bond acceptors (Lipinski definition) is 4. The van der Waals surface area contributed by atoms with Crippen molar-refractivity contribution in [1.82, 2.24) is 15.0 Å². The van der Waals surface area contributed by atoms with Crippen molar-refractivity contribution in [2.75, 3.05) is 11.9 Å². The van der Waals surface area contributed by atoms with Crippen LogP contribution in [-0.4, -0.2) is 21.5 Å². The lowest BCUT2D eigenvalue weighted by Gasteiger charge is -2.13. The lowest BCUT2D eigenvalue weighted by Crippen LogP contribution is -2.09. The van der Waals surface area contributed by atoms with Gasteiger partial charge in [-0.2, -0.15) is 0 Å². The van der Waals surface area contributed by atoms with Gasteiger partial charge < -0.3 is 5.32 Å². The molecule has 0 bridgehead atoms. The van der Waals surface area contributed by atoms with Gasteiger partial charge in [0.05, 0.1) is 9.26 Å². The summed E-state index contributed by atoms with van der Waals surface area (Å²) < 4.78 is 1.17. The van der Waals surface area contributed by atoms with E-state index in [0.29, 0.717) is 5.92 Å². The number of aryl methyl sites for hydroxylation is 1. The monoisotopic (exact) mass is 394 g/mol. The minimum Gasteiger partial charge on any atom is -0.369 e. The van der Waals surface area contributed by atoms with E-state index in [0.717, 1.165) is 35.9 Å². The Morgan fingerprint density at radius 3 is 2.81 bits per heavy atom. The molecule has 1 fully saturated rings. The predicted molar refractivity (Wildman–Crippen MR) is 93.5 cm³/mol. The Morgan fingerprint density at radius 1 is 1.33 bits per heavy atom. The lowest BCUT2D eigenvalue weighted by molar-refractivity contribution is 0.935. The first-order chi connectivity index (χ1) is 10.2. The average Bonchev–Trinajstić information content (AvgIpc) is 3.31. The molecule has 110 valence electrons. The molecule has 1 saturated carbocycles. The fourth-order valence-corrected chi connectivity index (χ4v) is 3.15. The molecule has 0 unspecified atom stereocenters. The van der Waals surface area contributed by atoms with Crippen LogP contribution in [0.5, 0.6) is 0 Å². The van der Waals surface area contributed by atoms with Gasteiger partial charge in [0.15, 0.2) is 5.82 Å². The Bertz CT molecular complexity index is 653. The zero-order valence-corrected chi connectivity index (χ0v) is 14.5. The van der Waals surface area contributed by atoms with Crippen LogP contribution in [0.4, 0.5) is 5.82 Å². The van der Waals surface area contributed by atoms with Crippen molar-refractivity contribution in [3.63, 3.8) is 0 Å². The van der Waals surface area contributed by atoms with Crippen molar-refractivity contribution in [3.8, 4) is 11.5 Å². The van der Waals surface area contributed by atoms with Gasteiger partial charge in [0.2, 0.25) is 0 Å². The van der Waals surface area contributed by atoms with E-state index in [4.69, 9.17) is 9.97 Å². The van der Waals surface area contributed by atoms with Crippen molar-refractivity contribution in [1.29, 1.82) is 0 Å².